The molecule has 134 valence electrons. The van der Waals surface area contributed by atoms with Crippen molar-refractivity contribution in [2.45, 2.75) is 19.8 Å². The lowest BCUT2D eigenvalue weighted by Crippen LogP contribution is -1.94. The molecule has 0 aliphatic carbocycles. The minimum atomic E-state index is -0.503. The van der Waals surface area contributed by atoms with Crippen LogP contribution in [0.25, 0.3) is 0 Å². The Hall–Kier alpha value is -3.27. The predicted octanol–water partition coefficient (Wildman–Crippen LogP) is 5.45. The molecule has 0 atom stereocenters. The number of rotatable bonds is 10. The van der Waals surface area contributed by atoms with Crippen LogP contribution >= 0.6 is 0 Å². The quantitative estimate of drug-likeness (QED) is 0.321. The SMILES string of the molecule is C=C/C(=C\C(=C)C=CC(=C)/C=C(\C=C)[N+](=O)[O-])CCc1ccnc(C)c1. The standard InChI is InChI=1S/C22H24N2O2/c1-6-20(10-11-21-12-13-23-19(5)16-21)14-17(3)8-9-18(4)15-22(7-2)24(25)26/h6-9,12-16H,1-4,10-11H2,5H3/b9-8?,20-14+,22-15+. The van der Waals surface area contributed by atoms with Crippen molar-refractivity contribution >= 4 is 0 Å². The van der Waals surface area contributed by atoms with Crippen LogP contribution in [0.2, 0.25) is 0 Å². The van der Waals surface area contributed by atoms with E-state index in [1.54, 1.807) is 12.2 Å². The van der Waals surface area contributed by atoms with Crippen LogP contribution in [0.3, 0.4) is 0 Å². The normalized spacial score (nSPS) is 12.0. The summed E-state index contributed by atoms with van der Waals surface area (Å²) in [4.78, 5) is 14.4. The van der Waals surface area contributed by atoms with Gasteiger partial charge < -0.3 is 0 Å². The third-order valence-electron chi connectivity index (χ3n) is 3.56. The molecule has 0 unspecified atom stereocenters. The number of allylic oxidation sites excluding steroid dienone is 9. The van der Waals surface area contributed by atoms with E-state index in [0.717, 1.165) is 29.7 Å². The zero-order valence-electron chi connectivity index (χ0n) is 15.1. The van der Waals surface area contributed by atoms with Crippen LogP contribution < -0.4 is 0 Å². The molecule has 0 aliphatic heterocycles. The van der Waals surface area contributed by atoms with Gasteiger partial charge in [-0.1, -0.05) is 50.6 Å². The zero-order chi connectivity index (χ0) is 19.5. The molecule has 4 heteroatoms. The van der Waals surface area contributed by atoms with Crippen LogP contribution in [0.1, 0.15) is 17.7 Å². The molecule has 1 aromatic heterocycles. The van der Waals surface area contributed by atoms with Gasteiger partial charge in [-0.3, -0.25) is 15.1 Å². The van der Waals surface area contributed by atoms with Crippen molar-refractivity contribution in [3.8, 4) is 0 Å². The minimum absolute atomic E-state index is 0.0970. The minimum Gasteiger partial charge on any atom is -0.262 e. The van der Waals surface area contributed by atoms with Crippen LogP contribution in [0.4, 0.5) is 0 Å². The van der Waals surface area contributed by atoms with E-state index in [1.807, 2.05) is 31.3 Å². The molecule has 0 spiro atoms. The van der Waals surface area contributed by atoms with E-state index in [1.165, 1.54) is 17.7 Å². The van der Waals surface area contributed by atoms with Gasteiger partial charge in [0.2, 0.25) is 0 Å². The largest absolute Gasteiger partial charge is 0.269 e. The van der Waals surface area contributed by atoms with Crippen molar-refractivity contribution in [1.29, 1.82) is 0 Å². The third kappa shape index (κ3) is 7.53. The van der Waals surface area contributed by atoms with E-state index in [0.29, 0.717) is 5.57 Å². The smallest absolute Gasteiger partial charge is 0.262 e. The number of aromatic nitrogens is 1. The maximum absolute atomic E-state index is 10.8. The van der Waals surface area contributed by atoms with Crippen molar-refractivity contribution in [3.63, 3.8) is 0 Å². The number of pyridine rings is 1. The summed E-state index contributed by atoms with van der Waals surface area (Å²) in [5, 5.41) is 10.8. The average Bonchev–Trinajstić information content (AvgIpc) is 2.61. The Kier molecular flexibility index (Phi) is 8.44. The first kappa shape index (κ1) is 20.8. The molecule has 1 rings (SSSR count). The molecule has 0 bridgehead atoms. The highest BCUT2D eigenvalue weighted by Gasteiger charge is 2.03. The van der Waals surface area contributed by atoms with Gasteiger partial charge in [-0.05, 0) is 54.2 Å². The highest BCUT2D eigenvalue weighted by atomic mass is 16.6. The fourth-order valence-corrected chi connectivity index (χ4v) is 2.21. The second-order valence-corrected chi connectivity index (χ2v) is 5.74. The van der Waals surface area contributed by atoms with E-state index in [2.05, 4.69) is 37.4 Å². The summed E-state index contributed by atoms with van der Waals surface area (Å²) >= 11 is 0. The highest BCUT2D eigenvalue weighted by molar-refractivity contribution is 5.40. The van der Waals surface area contributed by atoms with Gasteiger partial charge in [-0.2, -0.15) is 0 Å². The van der Waals surface area contributed by atoms with Gasteiger partial charge in [0.25, 0.3) is 5.70 Å². The lowest BCUT2D eigenvalue weighted by Gasteiger charge is -2.04. The lowest BCUT2D eigenvalue weighted by atomic mass is 10.0. The predicted molar refractivity (Wildman–Crippen MR) is 108 cm³/mol. The first-order valence-corrected chi connectivity index (χ1v) is 8.14. The molecule has 0 saturated heterocycles. The summed E-state index contributed by atoms with van der Waals surface area (Å²) in [7, 11) is 0. The number of nitro groups is 1. The average molecular weight is 348 g/mol. The van der Waals surface area contributed by atoms with Gasteiger partial charge in [0.1, 0.15) is 0 Å². The summed E-state index contributed by atoms with van der Waals surface area (Å²) in [5.41, 5.74) is 4.45. The number of aryl methyl sites for hydroxylation is 2. The summed E-state index contributed by atoms with van der Waals surface area (Å²) in [6, 6.07) is 4.07. The van der Waals surface area contributed by atoms with E-state index < -0.39 is 4.92 Å². The summed E-state index contributed by atoms with van der Waals surface area (Å²) in [6.07, 6.45) is 13.3. The Morgan fingerprint density at radius 2 is 1.85 bits per heavy atom. The first-order chi connectivity index (χ1) is 12.3. The number of hydrogen-bond donors (Lipinski definition) is 0. The molecule has 0 saturated carbocycles. The Morgan fingerprint density at radius 1 is 1.19 bits per heavy atom. The van der Waals surface area contributed by atoms with Gasteiger partial charge in [0, 0.05) is 24.0 Å². The topological polar surface area (TPSA) is 56.0 Å². The number of hydrogen-bond acceptors (Lipinski definition) is 3. The van der Waals surface area contributed by atoms with E-state index >= 15 is 0 Å². The molecule has 26 heavy (non-hydrogen) atoms. The van der Waals surface area contributed by atoms with Crippen molar-refractivity contribution in [1.82, 2.24) is 4.98 Å². The molecule has 0 radical (unpaired) electrons. The number of nitrogens with zero attached hydrogens (tertiary/aromatic N) is 2. The van der Waals surface area contributed by atoms with Crippen LogP contribution in [0.5, 0.6) is 0 Å². The summed E-state index contributed by atoms with van der Waals surface area (Å²) in [6.45, 7) is 17.0. The molecule has 0 fully saturated rings. The molecule has 1 heterocycles. The van der Waals surface area contributed by atoms with Gasteiger partial charge in [0.05, 0.1) is 4.92 Å². The molecule has 4 nitrogen and oxygen atoms in total. The van der Waals surface area contributed by atoms with Gasteiger partial charge in [-0.25, -0.2) is 0 Å². The second-order valence-electron chi connectivity index (χ2n) is 5.74. The molecule has 0 aliphatic rings. The zero-order valence-corrected chi connectivity index (χ0v) is 15.1. The monoisotopic (exact) mass is 348 g/mol. The lowest BCUT2D eigenvalue weighted by molar-refractivity contribution is -0.419. The van der Waals surface area contributed by atoms with Crippen LogP contribution in [-0.2, 0) is 6.42 Å². The Labute approximate surface area is 155 Å². The van der Waals surface area contributed by atoms with Crippen molar-refractivity contribution < 1.29 is 4.92 Å². The van der Waals surface area contributed by atoms with E-state index in [4.69, 9.17) is 0 Å². The molecular formula is C22H24N2O2. The molecule has 0 N–H and O–H groups in total. The van der Waals surface area contributed by atoms with Crippen molar-refractivity contribution in [2.75, 3.05) is 0 Å². The molecular weight excluding hydrogens is 324 g/mol. The Bertz CT molecular complexity index is 811. The fraction of sp³-hybridized carbons (Fsp3) is 0.136. The van der Waals surface area contributed by atoms with Gasteiger partial charge >= 0.3 is 0 Å². The van der Waals surface area contributed by atoms with Crippen LogP contribution in [0.15, 0.2) is 104 Å². The highest BCUT2D eigenvalue weighted by Crippen LogP contribution is 2.14. The molecule has 0 amide bonds. The summed E-state index contributed by atoms with van der Waals surface area (Å²) < 4.78 is 0. The maximum Gasteiger partial charge on any atom is 0.269 e. The summed E-state index contributed by atoms with van der Waals surface area (Å²) in [5.74, 6) is 0. The van der Waals surface area contributed by atoms with Gasteiger partial charge in [-0.15, -0.1) is 0 Å². The Balaban J connectivity index is 2.72. The van der Waals surface area contributed by atoms with Crippen molar-refractivity contribution in [2.24, 2.45) is 0 Å². The fourth-order valence-electron chi connectivity index (χ4n) is 2.21. The maximum atomic E-state index is 10.8. The van der Waals surface area contributed by atoms with Crippen LogP contribution in [-0.4, -0.2) is 9.91 Å². The van der Waals surface area contributed by atoms with Gasteiger partial charge in [0.15, 0.2) is 0 Å². The van der Waals surface area contributed by atoms with E-state index in [-0.39, 0.29) is 5.70 Å². The van der Waals surface area contributed by atoms with E-state index in [9.17, 15) is 10.1 Å². The van der Waals surface area contributed by atoms with Crippen LogP contribution in [0, 0.1) is 17.0 Å². The molecule has 0 aromatic carbocycles. The van der Waals surface area contributed by atoms with Crippen molar-refractivity contribution in [3.05, 3.63) is 125 Å². The molecule has 1 aromatic rings. The third-order valence-corrected chi connectivity index (χ3v) is 3.56. The first-order valence-electron chi connectivity index (χ1n) is 8.14. The second kappa shape index (κ2) is 10.6. The Morgan fingerprint density at radius 3 is 2.38 bits per heavy atom.